The van der Waals surface area contributed by atoms with Crippen LogP contribution < -0.4 is 33.2 Å². The molecule has 144 heavy (non-hydrogen) atoms. The summed E-state index contributed by atoms with van der Waals surface area (Å²) in [6, 6.07) is 49.4. The van der Waals surface area contributed by atoms with Gasteiger partial charge in [-0.05, 0) is 250 Å². The second-order valence-electron chi connectivity index (χ2n) is 31.6. The van der Waals surface area contributed by atoms with Crippen LogP contribution in [0, 0.1) is 64.2 Å². The molecule has 0 saturated carbocycles. The van der Waals surface area contributed by atoms with Crippen LogP contribution in [-0.4, -0.2) is 205 Å². The van der Waals surface area contributed by atoms with E-state index in [1.54, 1.807) is 97.2 Å². The normalized spacial score (nSPS) is 10.8. The summed E-state index contributed by atoms with van der Waals surface area (Å²) in [6.45, 7) is 16.2. The number of H-pyrrole nitrogens is 2. The van der Waals surface area contributed by atoms with Crippen molar-refractivity contribution in [3.63, 3.8) is 0 Å². The molecule has 40 nitrogen and oxygen atoms in total. The number of aromatic nitrogens is 14. The maximum absolute atomic E-state index is 12.7. The van der Waals surface area contributed by atoms with Crippen molar-refractivity contribution in [1.82, 2.24) is 71.2 Å². The molecule has 0 saturated heterocycles. The fourth-order valence-electron chi connectivity index (χ4n) is 14.9. The van der Waals surface area contributed by atoms with Crippen LogP contribution in [0.1, 0.15) is 196 Å². The summed E-state index contributed by atoms with van der Waals surface area (Å²) in [7, 11) is 9.66. The van der Waals surface area contributed by atoms with E-state index < -0.39 is 35.8 Å². The third-order valence-corrected chi connectivity index (χ3v) is 22.4. The minimum atomic E-state index is -1.27. The first-order chi connectivity index (χ1) is 69.3. The van der Waals surface area contributed by atoms with Crippen molar-refractivity contribution in [3.8, 4) is 104 Å². The van der Waals surface area contributed by atoms with E-state index in [-0.39, 0.29) is 115 Å². The summed E-state index contributed by atoms with van der Waals surface area (Å²) < 4.78 is 56.5. The third-order valence-electron chi connectivity index (χ3n) is 22.4. The number of fused-ring (bicyclic) bond motifs is 1. The molecule has 0 spiro atoms. The highest BCUT2D eigenvalue weighted by Crippen LogP contribution is 2.39. The number of aromatic carboxylic acids is 2. The number of cyclic esters (lactones) is 2. The van der Waals surface area contributed by atoms with Crippen molar-refractivity contribution in [2.24, 2.45) is 0 Å². The number of carboxylic acids is 2. The number of pyridine rings is 5. The van der Waals surface area contributed by atoms with Gasteiger partial charge in [0.1, 0.15) is 97.2 Å². The number of rotatable bonds is 34. The fourth-order valence-corrected chi connectivity index (χ4v) is 14.9. The molecule has 1 aliphatic heterocycles. The van der Waals surface area contributed by atoms with Crippen LogP contribution in [0.3, 0.4) is 0 Å². The van der Waals surface area contributed by atoms with E-state index >= 15 is 0 Å². The Morgan fingerprint density at radius 1 is 0.340 bits per heavy atom. The van der Waals surface area contributed by atoms with Gasteiger partial charge in [-0.15, -0.1) is 20.4 Å². The minimum absolute atomic E-state index is 0.0103. The maximum atomic E-state index is 12.7. The molecule has 0 unspecified atom stereocenters. The molecule has 1 aliphatic rings. The van der Waals surface area contributed by atoms with Gasteiger partial charge in [0.2, 0.25) is 11.6 Å². The zero-order valence-corrected chi connectivity index (χ0v) is 81.8. The number of esters is 4. The van der Waals surface area contributed by atoms with Gasteiger partial charge in [-0.2, -0.15) is 21.0 Å². The van der Waals surface area contributed by atoms with Crippen molar-refractivity contribution < 1.29 is 116 Å². The molecule has 0 aliphatic carbocycles. The number of oxazole rings is 1. The van der Waals surface area contributed by atoms with Crippen molar-refractivity contribution in [1.29, 1.82) is 10.5 Å². The summed E-state index contributed by atoms with van der Waals surface area (Å²) in [5, 5.41) is 115. The topological polar surface area (TPSA) is 583 Å². The van der Waals surface area contributed by atoms with Gasteiger partial charge >= 0.3 is 41.8 Å². The molecule has 0 atom stereocenters. The third kappa shape index (κ3) is 28.0. The molecule has 8 aromatic heterocycles. The maximum Gasteiger partial charge on any atom is 0.350 e. The second-order valence-corrected chi connectivity index (χ2v) is 31.6. The van der Waals surface area contributed by atoms with Crippen molar-refractivity contribution in [3.05, 3.63) is 292 Å². The Labute approximate surface area is 827 Å². The standard InChI is InChI=1S/C19H21N5O4.C19H20N2O4.C17H17N5O4.C17H16N2O4.C17H15NO5.C15H19NO3/c1-4-28-19(26)15-14(10-7-12-5-8-13(27-3)9-6-12)20-11(2)17(25)16(15)18-21-23-24-22-18;1-4-25-19(23)17-15(11-20)18(22)12(2)21-16(17)10-7-13-5-8-14(24-3)9-6-13;1-9-15(23)14(16-19-21-22-20-16)13(17(24)25)12(18-9)8-5-10-3-6-11(26-2)7-4-10;1-10-16(20)13(9-18)15(17(21)22)14(19-10)8-5-11-3-6-12(23-2)7-4-11;1-9-15(19)14-13(16(20)23-17(14)21)12(18-9)8-5-10-3-6-11(22-2)7-4-10;1-4-18-15-11(2)16-14(19-15)10-7-12-5-8-13(17-3)9-6-12/h5-6,8-9,25H,4,7,10H2,1-3H3,(H,21,22,23,24);5-6,8-9,22H,4,7,10H2,1-3H3;3-4,6-7,23H,5,8H2,1-2H3,(H,24,25)(H,19,20,21,22);3-4,6-7,20H,5,8H2,1-2H3,(H,21,22);3-4,6-7,19H,5,8H2,1-2H3;5-6,8-9H,4,7,10H2,1-3H3. The first-order valence-electron chi connectivity index (χ1n) is 45.1. The molecular formula is C104H108N16O24. The molecule has 0 bridgehead atoms. The van der Waals surface area contributed by atoms with E-state index in [1.165, 1.54) is 5.56 Å². The summed E-state index contributed by atoms with van der Waals surface area (Å²) in [5.74, 6) is -0.633. The fraction of sp³-hybridized carbons (Fsp3) is 0.288. The minimum Gasteiger partial charge on any atom is -0.505 e. The van der Waals surface area contributed by atoms with Gasteiger partial charge in [0.25, 0.3) is 0 Å². The summed E-state index contributed by atoms with van der Waals surface area (Å²) in [6.07, 6.45) is 6.77. The number of aryl methyl sites for hydroxylation is 18. The number of carboxylic acid groups (broad SMARTS) is 2. The Morgan fingerprint density at radius 2 is 0.625 bits per heavy atom. The number of carbonyl (C=O) groups is 6. The number of aromatic amines is 2. The number of benzene rings is 6. The van der Waals surface area contributed by atoms with Gasteiger partial charge in [0.05, 0.1) is 142 Å². The average molecular weight is 1970 g/mol. The molecule has 40 heteroatoms. The van der Waals surface area contributed by atoms with Crippen molar-refractivity contribution in [2.75, 3.05) is 62.5 Å². The monoisotopic (exact) mass is 1960 g/mol. The number of hydrogen-bond acceptors (Lipinski definition) is 36. The summed E-state index contributed by atoms with van der Waals surface area (Å²) >= 11 is 0. The lowest BCUT2D eigenvalue weighted by Crippen LogP contribution is -2.14. The molecule has 748 valence electrons. The lowest BCUT2D eigenvalue weighted by molar-refractivity contribution is 0.0437. The number of tetrazole rings is 2. The average Bonchev–Trinajstić information content (AvgIpc) is 1.53. The van der Waals surface area contributed by atoms with Crippen LogP contribution in [-0.2, 0) is 91.3 Å². The first kappa shape index (κ1) is 108. The molecule has 0 radical (unpaired) electrons. The van der Waals surface area contributed by atoms with Gasteiger partial charge in [-0.3, -0.25) is 24.9 Å². The van der Waals surface area contributed by atoms with Gasteiger partial charge in [-0.25, -0.2) is 33.8 Å². The molecule has 15 rings (SSSR count). The second kappa shape index (κ2) is 52.2. The highest BCUT2D eigenvalue weighted by Gasteiger charge is 2.38. The van der Waals surface area contributed by atoms with Gasteiger partial charge < -0.3 is 87.5 Å². The Bertz CT molecular complexity index is 6890. The predicted molar refractivity (Wildman–Crippen MR) is 519 cm³/mol. The summed E-state index contributed by atoms with van der Waals surface area (Å²) in [5.41, 5.74) is 10.5. The van der Waals surface area contributed by atoms with Gasteiger partial charge in [0, 0.05) is 6.42 Å². The molecule has 0 amide bonds. The molecule has 14 aromatic rings. The van der Waals surface area contributed by atoms with E-state index in [0.29, 0.717) is 128 Å². The highest BCUT2D eigenvalue weighted by molar-refractivity contribution is 6.17. The van der Waals surface area contributed by atoms with Crippen LogP contribution in [0.2, 0.25) is 0 Å². The van der Waals surface area contributed by atoms with E-state index in [2.05, 4.69) is 88.0 Å². The number of nitrogens with zero attached hydrogens (tertiary/aromatic N) is 14. The van der Waals surface area contributed by atoms with Crippen LogP contribution >= 0.6 is 0 Å². The molecular weight excluding hydrogens is 1860 g/mol. The molecule has 0 fully saturated rings. The molecule has 9 heterocycles. The van der Waals surface area contributed by atoms with Crippen molar-refractivity contribution >= 4 is 35.8 Å². The Balaban J connectivity index is 0.000000178. The van der Waals surface area contributed by atoms with E-state index in [0.717, 1.165) is 86.7 Å². The number of aromatic hydroxyl groups is 5. The van der Waals surface area contributed by atoms with Gasteiger partial charge in [-0.1, -0.05) is 72.8 Å². The zero-order valence-electron chi connectivity index (χ0n) is 81.8. The van der Waals surface area contributed by atoms with Crippen LogP contribution in [0.4, 0.5) is 0 Å². The number of methoxy groups -OCH3 is 6. The Hall–Kier alpha value is -18.0. The molecule has 9 N–H and O–H groups in total. The highest BCUT2D eigenvalue weighted by atomic mass is 16.6. The van der Waals surface area contributed by atoms with E-state index in [9.17, 15) is 69.8 Å². The van der Waals surface area contributed by atoms with E-state index in [1.807, 2.05) is 153 Å². The van der Waals surface area contributed by atoms with Gasteiger partial charge in [0.15, 0.2) is 23.1 Å². The number of hydrogen-bond donors (Lipinski definition) is 9. The van der Waals surface area contributed by atoms with Crippen LogP contribution in [0.5, 0.6) is 69.2 Å². The molecule has 6 aromatic carbocycles. The number of carbonyl (C=O) groups excluding carboxylic acids is 4. The first-order valence-corrected chi connectivity index (χ1v) is 45.1. The predicted octanol–water partition coefficient (Wildman–Crippen LogP) is 14.8. The quantitative estimate of drug-likeness (QED) is 0.0103. The van der Waals surface area contributed by atoms with Crippen molar-refractivity contribution in [2.45, 2.75) is 139 Å². The van der Waals surface area contributed by atoms with Crippen LogP contribution in [0.15, 0.2) is 150 Å². The largest absolute Gasteiger partial charge is 0.505 e. The van der Waals surface area contributed by atoms with E-state index in [4.69, 9.17) is 52.3 Å². The lowest BCUT2D eigenvalue weighted by Gasteiger charge is -2.15. The Kier molecular flexibility index (Phi) is 39.1. The number of nitrogens with one attached hydrogen (secondary N) is 2. The zero-order chi connectivity index (χ0) is 104. The lowest BCUT2D eigenvalue weighted by atomic mass is 9.98. The SMILES string of the molecule is CCOC(=O)c1c(CCc2ccc(OC)cc2)nc(C)c(O)c1-c1nn[nH]n1.CCOC(=O)c1c(CCc2ccc(OC)cc2)nc(C)c(O)c1C#N.CCOc1oc(CCc2ccc(OC)cc2)nc1C.COc1ccc(CCc2nc(C)c(O)c(-c3nn[nH]n3)c2C(=O)O)cc1.COc1ccc(CCc2nc(C)c(O)c(C#N)c2C(=O)O)cc1.COc1ccc(CCc2nc(C)c(O)c3c2C(=O)OC3=O)cc1. The summed E-state index contributed by atoms with van der Waals surface area (Å²) in [4.78, 5) is 97.5. The number of nitriles is 2. The van der Waals surface area contributed by atoms with Crippen LogP contribution in [0.25, 0.3) is 22.8 Å². The smallest absolute Gasteiger partial charge is 0.350 e. The Morgan fingerprint density at radius 3 is 0.944 bits per heavy atom. The number of ether oxygens (including phenoxy) is 10.